The van der Waals surface area contributed by atoms with E-state index in [2.05, 4.69) is 0 Å². The van der Waals surface area contributed by atoms with E-state index in [1.54, 1.807) is 42.3 Å². The maximum absolute atomic E-state index is 11.8. The number of rotatable bonds is 4. The zero-order chi connectivity index (χ0) is 12.8. The Balaban J connectivity index is 3.06. The van der Waals surface area contributed by atoms with E-state index < -0.39 is 0 Å². The van der Waals surface area contributed by atoms with Crippen LogP contribution in [0.2, 0.25) is 5.02 Å². The molecule has 17 heavy (non-hydrogen) atoms. The molecular weight excluding hydrogens is 238 g/mol. The summed E-state index contributed by atoms with van der Waals surface area (Å²) in [6, 6.07) is 7.10. The van der Waals surface area contributed by atoms with E-state index in [1.807, 2.05) is 14.1 Å². The predicted octanol–water partition coefficient (Wildman–Crippen LogP) is 2.81. The van der Waals surface area contributed by atoms with Crippen molar-refractivity contribution in [2.75, 3.05) is 20.7 Å². The van der Waals surface area contributed by atoms with E-state index >= 15 is 0 Å². The van der Waals surface area contributed by atoms with Crippen molar-refractivity contribution in [2.24, 2.45) is 0 Å². The van der Waals surface area contributed by atoms with E-state index in [0.717, 1.165) is 5.56 Å². The first-order valence-electron chi connectivity index (χ1n) is 5.36. The van der Waals surface area contributed by atoms with E-state index in [-0.39, 0.29) is 5.97 Å². The van der Waals surface area contributed by atoms with Gasteiger partial charge in [0.25, 0.3) is 0 Å². The van der Waals surface area contributed by atoms with Crippen LogP contribution in [0.25, 0.3) is 5.57 Å². The van der Waals surface area contributed by atoms with Crippen LogP contribution in [0.3, 0.4) is 0 Å². The summed E-state index contributed by atoms with van der Waals surface area (Å²) in [5.41, 5.74) is 1.31. The summed E-state index contributed by atoms with van der Waals surface area (Å²) in [5.74, 6) is -0.330. The lowest BCUT2D eigenvalue weighted by Crippen LogP contribution is -2.11. The minimum Gasteiger partial charge on any atom is -0.462 e. The van der Waals surface area contributed by atoms with E-state index in [4.69, 9.17) is 16.3 Å². The number of ether oxygens (including phenoxy) is 1. The Hall–Kier alpha value is -1.48. The summed E-state index contributed by atoms with van der Waals surface area (Å²) >= 11 is 5.82. The first kappa shape index (κ1) is 13.6. The molecule has 0 saturated carbocycles. The lowest BCUT2D eigenvalue weighted by atomic mass is 10.1. The average molecular weight is 254 g/mol. The van der Waals surface area contributed by atoms with Crippen LogP contribution in [0.15, 0.2) is 30.5 Å². The molecule has 1 aromatic carbocycles. The zero-order valence-corrected chi connectivity index (χ0v) is 11.0. The van der Waals surface area contributed by atoms with Gasteiger partial charge in [-0.3, -0.25) is 0 Å². The summed E-state index contributed by atoms with van der Waals surface area (Å²) in [4.78, 5) is 13.6. The van der Waals surface area contributed by atoms with Crippen LogP contribution in [0.4, 0.5) is 0 Å². The van der Waals surface area contributed by atoms with Crippen LogP contribution in [-0.2, 0) is 9.53 Å². The minimum absolute atomic E-state index is 0.330. The van der Waals surface area contributed by atoms with Gasteiger partial charge in [-0.25, -0.2) is 4.79 Å². The van der Waals surface area contributed by atoms with Gasteiger partial charge in [0.15, 0.2) is 0 Å². The molecule has 0 unspecified atom stereocenters. The molecule has 0 atom stereocenters. The van der Waals surface area contributed by atoms with Gasteiger partial charge < -0.3 is 9.64 Å². The molecule has 0 radical (unpaired) electrons. The molecule has 0 saturated heterocycles. The van der Waals surface area contributed by atoms with Crippen molar-refractivity contribution in [2.45, 2.75) is 6.92 Å². The molecule has 0 fully saturated rings. The van der Waals surface area contributed by atoms with Crippen molar-refractivity contribution < 1.29 is 9.53 Å². The molecular formula is C13H16ClNO2. The Morgan fingerprint density at radius 1 is 1.35 bits per heavy atom. The Labute approximate surface area is 107 Å². The van der Waals surface area contributed by atoms with Crippen LogP contribution in [0, 0.1) is 0 Å². The fourth-order valence-electron chi connectivity index (χ4n) is 1.34. The summed E-state index contributed by atoms with van der Waals surface area (Å²) in [6.45, 7) is 2.14. The molecule has 0 aromatic heterocycles. The van der Waals surface area contributed by atoms with Crippen LogP contribution in [0.1, 0.15) is 12.5 Å². The van der Waals surface area contributed by atoms with Crippen LogP contribution in [0.5, 0.6) is 0 Å². The topological polar surface area (TPSA) is 29.5 Å². The van der Waals surface area contributed by atoms with Gasteiger partial charge in [-0.05, 0) is 24.6 Å². The maximum atomic E-state index is 11.8. The molecule has 92 valence electrons. The minimum atomic E-state index is -0.330. The van der Waals surface area contributed by atoms with Gasteiger partial charge in [0, 0.05) is 25.3 Å². The van der Waals surface area contributed by atoms with Crippen molar-refractivity contribution in [1.29, 1.82) is 0 Å². The highest BCUT2D eigenvalue weighted by atomic mass is 35.5. The lowest BCUT2D eigenvalue weighted by Gasteiger charge is -2.11. The van der Waals surface area contributed by atoms with Crippen molar-refractivity contribution in [1.82, 2.24) is 4.90 Å². The van der Waals surface area contributed by atoms with Gasteiger partial charge in [0.05, 0.1) is 12.2 Å². The Morgan fingerprint density at radius 3 is 2.41 bits per heavy atom. The third-order valence-electron chi connectivity index (χ3n) is 2.04. The number of benzene rings is 1. The van der Waals surface area contributed by atoms with Crippen molar-refractivity contribution >= 4 is 23.1 Å². The highest BCUT2D eigenvalue weighted by Gasteiger charge is 2.13. The van der Waals surface area contributed by atoms with E-state index in [9.17, 15) is 4.79 Å². The highest BCUT2D eigenvalue weighted by molar-refractivity contribution is 6.30. The molecule has 1 aromatic rings. The van der Waals surface area contributed by atoms with Crippen LogP contribution >= 0.6 is 11.6 Å². The van der Waals surface area contributed by atoms with Crippen molar-refractivity contribution in [3.05, 3.63) is 41.1 Å². The molecule has 0 aliphatic rings. The molecule has 1 rings (SSSR count). The predicted molar refractivity (Wildman–Crippen MR) is 69.7 cm³/mol. The molecule has 0 spiro atoms. The number of hydrogen-bond acceptors (Lipinski definition) is 3. The molecule has 0 amide bonds. The first-order valence-corrected chi connectivity index (χ1v) is 5.73. The SMILES string of the molecule is CCOC(=O)/C(=C/N(C)C)c1ccc(Cl)cc1. The fourth-order valence-corrected chi connectivity index (χ4v) is 1.47. The molecule has 4 heteroatoms. The summed E-state index contributed by atoms with van der Waals surface area (Å²) in [6.07, 6.45) is 1.74. The molecule has 0 heterocycles. The van der Waals surface area contributed by atoms with Crippen molar-refractivity contribution in [3.63, 3.8) is 0 Å². The number of carbonyl (C=O) groups excluding carboxylic acids is 1. The second-order valence-corrected chi connectivity index (χ2v) is 4.17. The smallest absolute Gasteiger partial charge is 0.340 e. The summed E-state index contributed by atoms with van der Waals surface area (Å²) < 4.78 is 5.02. The van der Waals surface area contributed by atoms with Crippen LogP contribution in [-0.4, -0.2) is 31.6 Å². The maximum Gasteiger partial charge on any atom is 0.340 e. The normalized spacial score (nSPS) is 11.2. The number of halogens is 1. The Bertz CT molecular complexity index is 410. The monoisotopic (exact) mass is 253 g/mol. The van der Waals surface area contributed by atoms with Gasteiger partial charge in [-0.1, -0.05) is 23.7 Å². The second-order valence-electron chi connectivity index (χ2n) is 3.73. The number of esters is 1. The van der Waals surface area contributed by atoms with Crippen molar-refractivity contribution in [3.8, 4) is 0 Å². The Kier molecular flexibility index (Phi) is 5.04. The highest BCUT2D eigenvalue weighted by Crippen LogP contribution is 2.19. The second kappa shape index (κ2) is 6.30. The molecule has 0 bridgehead atoms. The number of carbonyl (C=O) groups is 1. The standard InChI is InChI=1S/C13H16ClNO2/c1-4-17-13(16)12(9-15(2)3)10-5-7-11(14)8-6-10/h5-9H,4H2,1-3H3/b12-9+. The van der Waals surface area contributed by atoms with Gasteiger partial charge in [-0.15, -0.1) is 0 Å². The van der Waals surface area contributed by atoms with Gasteiger partial charge >= 0.3 is 5.97 Å². The summed E-state index contributed by atoms with van der Waals surface area (Å²) in [7, 11) is 3.71. The number of hydrogen-bond donors (Lipinski definition) is 0. The van der Waals surface area contributed by atoms with Gasteiger partial charge in [-0.2, -0.15) is 0 Å². The van der Waals surface area contributed by atoms with Gasteiger partial charge in [0.2, 0.25) is 0 Å². The molecule has 0 aliphatic carbocycles. The largest absolute Gasteiger partial charge is 0.462 e. The molecule has 0 N–H and O–H groups in total. The van der Waals surface area contributed by atoms with Gasteiger partial charge in [0.1, 0.15) is 0 Å². The van der Waals surface area contributed by atoms with E-state index in [0.29, 0.717) is 17.2 Å². The van der Waals surface area contributed by atoms with E-state index in [1.165, 1.54) is 0 Å². The molecule has 3 nitrogen and oxygen atoms in total. The average Bonchev–Trinajstić information content (AvgIpc) is 2.27. The van der Waals surface area contributed by atoms with Crippen LogP contribution < -0.4 is 0 Å². The Morgan fingerprint density at radius 2 is 1.94 bits per heavy atom. The first-order chi connectivity index (χ1) is 8.04. The fraction of sp³-hybridized carbons (Fsp3) is 0.308. The molecule has 0 aliphatic heterocycles. The lowest BCUT2D eigenvalue weighted by molar-refractivity contribution is -0.136. The third kappa shape index (κ3) is 4.11. The quantitative estimate of drug-likeness (QED) is 0.611. The number of nitrogens with zero attached hydrogens (tertiary/aromatic N) is 1. The zero-order valence-electron chi connectivity index (χ0n) is 10.2. The third-order valence-corrected chi connectivity index (χ3v) is 2.29. The summed E-state index contributed by atoms with van der Waals surface area (Å²) in [5, 5.41) is 0.641.